The third-order valence-corrected chi connectivity index (χ3v) is 2.65. The number of hydroxylamine groups is 1. The van der Waals surface area contributed by atoms with Crippen molar-refractivity contribution < 1.29 is 9.63 Å². The lowest BCUT2D eigenvalue weighted by atomic mass is 9.97. The zero-order valence-corrected chi connectivity index (χ0v) is 10.7. The zero-order valence-electron chi connectivity index (χ0n) is 10.7. The first-order valence-corrected chi connectivity index (χ1v) is 5.97. The molecule has 0 heterocycles. The summed E-state index contributed by atoms with van der Waals surface area (Å²) in [4.78, 5) is 16.3. The van der Waals surface area contributed by atoms with E-state index in [4.69, 9.17) is 0 Å². The fraction of sp³-hybridized carbons (Fsp3) is 0.0625. The minimum atomic E-state index is -0.287. The van der Waals surface area contributed by atoms with E-state index in [0.717, 1.165) is 16.7 Å². The van der Waals surface area contributed by atoms with Crippen molar-refractivity contribution in [2.75, 3.05) is 7.11 Å². The number of benzene rings is 2. The molecule has 0 aliphatic heterocycles. The molecule has 19 heavy (non-hydrogen) atoms. The van der Waals surface area contributed by atoms with Crippen molar-refractivity contribution in [2.24, 2.45) is 0 Å². The molecule has 0 spiro atoms. The van der Waals surface area contributed by atoms with E-state index in [1.165, 1.54) is 13.2 Å². The van der Waals surface area contributed by atoms with Crippen LogP contribution in [0.5, 0.6) is 0 Å². The van der Waals surface area contributed by atoms with E-state index >= 15 is 0 Å². The molecule has 0 radical (unpaired) electrons. The number of amides is 1. The third kappa shape index (κ3) is 3.53. The molecule has 0 fully saturated rings. The minimum Gasteiger partial charge on any atom is -0.277 e. The van der Waals surface area contributed by atoms with Crippen molar-refractivity contribution in [3.8, 4) is 0 Å². The lowest BCUT2D eigenvalue weighted by molar-refractivity contribution is -0.126. The van der Waals surface area contributed by atoms with Crippen molar-refractivity contribution in [3.63, 3.8) is 0 Å². The van der Waals surface area contributed by atoms with E-state index in [0.29, 0.717) is 0 Å². The summed E-state index contributed by atoms with van der Waals surface area (Å²) in [6, 6.07) is 19.6. The molecule has 2 aromatic carbocycles. The Morgan fingerprint density at radius 2 is 1.42 bits per heavy atom. The highest BCUT2D eigenvalue weighted by Gasteiger charge is 2.06. The van der Waals surface area contributed by atoms with Gasteiger partial charge in [0.2, 0.25) is 0 Å². The van der Waals surface area contributed by atoms with Gasteiger partial charge in [0.05, 0.1) is 7.11 Å². The van der Waals surface area contributed by atoms with Gasteiger partial charge in [-0.1, -0.05) is 60.7 Å². The Morgan fingerprint density at radius 1 is 0.947 bits per heavy atom. The highest BCUT2D eigenvalue weighted by atomic mass is 16.6. The Kier molecular flexibility index (Phi) is 4.48. The molecule has 2 aromatic rings. The van der Waals surface area contributed by atoms with Crippen LogP contribution < -0.4 is 5.48 Å². The van der Waals surface area contributed by atoms with Gasteiger partial charge in [-0.05, 0) is 16.7 Å². The highest BCUT2D eigenvalue weighted by Crippen LogP contribution is 2.22. The minimum absolute atomic E-state index is 0.287. The predicted octanol–water partition coefficient (Wildman–Crippen LogP) is 2.80. The van der Waals surface area contributed by atoms with Crippen LogP contribution in [-0.2, 0) is 9.63 Å². The smallest absolute Gasteiger partial charge is 0.268 e. The second kappa shape index (κ2) is 6.52. The summed E-state index contributed by atoms with van der Waals surface area (Å²) in [6.45, 7) is 0. The highest BCUT2D eigenvalue weighted by molar-refractivity contribution is 5.98. The van der Waals surface area contributed by atoms with Crippen LogP contribution in [0.15, 0.2) is 66.7 Å². The monoisotopic (exact) mass is 253 g/mol. The standard InChI is InChI=1S/C16H15NO2/c1-19-17-16(18)12-15(13-8-4-2-5-9-13)14-10-6-3-7-11-14/h2-12H,1H3,(H,17,18). The predicted molar refractivity (Wildman–Crippen MR) is 75.1 cm³/mol. The van der Waals surface area contributed by atoms with Gasteiger partial charge in [-0.15, -0.1) is 0 Å². The van der Waals surface area contributed by atoms with Gasteiger partial charge in [0.1, 0.15) is 0 Å². The van der Waals surface area contributed by atoms with E-state index in [9.17, 15) is 4.79 Å². The normalized spacial score (nSPS) is 9.74. The molecule has 96 valence electrons. The summed E-state index contributed by atoms with van der Waals surface area (Å²) in [7, 11) is 1.41. The Bertz CT molecular complexity index is 520. The first-order valence-electron chi connectivity index (χ1n) is 5.97. The van der Waals surface area contributed by atoms with Crippen LogP contribution in [0.25, 0.3) is 5.57 Å². The summed E-state index contributed by atoms with van der Waals surface area (Å²) >= 11 is 0. The maximum absolute atomic E-state index is 11.7. The van der Waals surface area contributed by atoms with E-state index in [-0.39, 0.29) is 5.91 Å². The molecule has 0 atom stereocenters. The zero-order chi connectivity index (χ0) is 13.5. The molecular weight excluding hydrogens is 238 g/mol. The quantitative estimate of drug-likeness (QED) is 0.672. The lowest BCUT2D eigenvalue weighted by Gasteiger charge is -2.08. The van der Waals surface area contributed by atoms with Crippen LogP contribution in [0.3, 0.4) is 0 Å². The van der Waals surface area contributed by atoms with Crippen molar-refractivity contribution in [1.82, 2.24) is 5.48 Å². The van der Waals surface area contributed by atoms with Crippen molar-refractivity contribution in [2.45, 2.75) is 0 Å². The molecule has 0 aromatic heterocycles. The summed E-state index contributed by atoms with van der Waals surface area (Å²) in [5.41, 5.74) is 5.13. The van der Waals surface area contributed by atoms with Crippen molar-refractivity contribution in [1.29, 1.82) is 0 Å². The van der Waals surface area contributed by atoms with Crippen molar-refractivity contribution >= 4 is 11.5 Å². The number of carbonyl (C=O) groups excluding carboxylic acids is 1. The summed E-state index contributed by atoms with van der Waals surface area (Å²) in [5, 5.41) is 0. The number of nitrogens with one attached hydrogen (secondary N) is 1. The van der Waals surface area contributed by atoms with Gasteiger partial charge in [-0.2, -0.15) is 0 Å². The Labute approximate surface area is 112 Å². The average Bonchev–Trinajstić information content (AvgIpc) is 2.47. The van der Waals surface area contributed by atoms with Gasteiger partial charge in [0.25, 0.3) is 5.91 Å². The van der Waals surface area contributed by atoms with Gasteiger partial charge in [-0.25, -0.2) is 5.48 Å². The maximum Gasteiger partial charge on any atom is 0.268 e. The molecular formula is C16H15NO2. The van der Waals surface area contributed by atoms with Crippen LogP contribution in [0.1, 0.15) is 11.1 Å². The third-order valence-electron chi connectivity index (χ3n) is 2.65. The van der Waals surface area contributed by atoms with Gasteiger partial charge in [0, 0.05) is 6.08 Å². The Morgan fingerprint density at radius 3 is 1.84 bits per heavy atom. The number of hydrogen-bond acceptors (Lipinski definition) is 2. The largest absolute Gasteiger partial charge is 0.277 e. The van der Waals surface area contributed by atoms with Gasteiger partial charge >= 0.3 is 0 Å². The summed E-state index contributed by atoms with van der Waals surface area (Å²) in [6.07, 6.45) is 1.54. The van der Waals surface area contributed by atoms with Crippen LogP contribution in [0.2, 0.25) is 0 Å². The van der Waals surface area contributed by atoms with E-state index < -0.39 is 0 Å². The maximum atomic E-state index is 11.7. The molecule has 1 amide bonds. The van der Waals surface area contributed by atoms with E-state index in [1.807, 2.05) is 60.7 Å². The van der Waals surface area contributed by atoms with E-state index in [2.05, 4.69) is 10.3 Å². The molecule has 0 unspecified atom stereocenters. The Hall–Kier alpha value is -2.39. The first-order chi connectivity index (χ1) is 9.31. The number of carbonyl (C=O) groups is 1. The second-order valence-corrected chi connectivity index (χ2v) is 3.96. The molecule has 0 bridgehead atoms. The molecule has 0 aliphatic rings. The number of rotatable bonds is 4. The lowest BCUT2D eigenvalue weighted by Crippen LogP contribution is -2.19. The molecule has 0 saturated heterocycles. The van der Waals surface area contributed by atoms with Crippen molar-refractivity contribution in [3.05, 3.63) is 77.9 Å². The number of hydrogen-bond donors (Lipinski definition) is 1. The fourth-order valence-electron chi connectivity index (χ4n) is 1.83. The molecule has 3 heteroatoms. The van der Waals surface area contributed by atoms with Crippen LogP contribution >= 0.6 is 0 Å². The molecule has 0 aliphatic carbocycles. The SMILES string of the molecule is CONC(=O)C=C(c1ccccc1)c1ccccc1. The van der Waals surface area contributed by atoms with Crippen LogP contribution in [0.4, 0.5) is 0 Å². The topological polar surface area (TPSA) is 38.3 Å². The summed E-state index contributed by atoms with van der Waals surface area (Å²) in [5.74, 6) is -0.287. The Balaban J connectivity index is 2.43. The first kappa shape index (κ1) is 13.1. The average molecular weight is 253 g/mol. The second-order valence-electron chi connectivity index (χ2n) is 3.96. The van der Waals surface area contributed by atoms with Gasteiger partial charge in [0.15, 0.2) is 0 Å². The van der Waals surface area contributed by atoms with E-state index in [1.54, 1.807) is 0 Å². The van der Waals surface area contributed by atoms with Crippen LogP contribution in [-0.4, -0.2) is 13.0 Å². The summed E-state index contributed by atoms with van der Waals surface area (Å²) < 4.78 is 0. The molecule has 0 saturated carbocycles. The van der Waals surface area contributed by atoms with Gasteiger partial charge < -0.3 is 0 Å². The molecule has 2 rings (SSSR count). The van der Waals surface area contributed by atoms with Crippen LogP contribution in [0, 0.1) is 0 Å². The fourth-order valence-corrected chi connectivity index (χ4v) is 1.83. The molecule has 1 N–H and O–H groups in total. The molecule has 3 nitrogen and oxygen atoms in total. The van der Waals surface area contributed by atoms with Gasteiger partial charge in [-0.3, -0.25) is 9.63 Å².